The number of benzene rings is 3. The van der Waals surface area contributed by atoms with E-state index in [0.717, 1.165) is 22.7 Å². The Kier molecular flexibility index (Phi) is 7.45. The standard InChI is InChI=1S/C25H24N2O3/c1-2-29-24-15-13-22(14-16-24)27(18-6-17-26)25(28)21-11-9-20(10-12-21)19-30-23-7-4-3-5-8-23/h3-5,7-16H,2,6,18-19H2,1H3. The molecule has 0 aliphatic carbocycles. The highest BCUT2D eigenvalue weighted by atomic mass is 16.5. The third-order valence-corrected chi connectivity index (χ3v) is 4.50. The summed E-state index contributed by atoms with van der Waals surface area (Å²) >= 11 is 0. The van der Waals surface area contributed by atoms with Crippen molar-refractivity contribution in [1.29, 1.82) is 5.26 Å². The molecule has 152 valence electrons. The molecular weight excluding hydrogens is 376 g/mol. The van der Waals surface area contributed by atoms with Gasteiger partial charge in [-0.05, 0) is 61.0 Å². The molecule has 0 aromatic heterocycles. The zero-order valence-corrected chi connectivity index (χ0v) is 17.0. The predicted octanol–water partition coefficient (Wildman–Crippen LogP) is 5.22. The van der Waals surface area contributed by atoms with Crippen LogP contribution >= 0.6 is 0 Å². The van der Waals surface area contributed by atoms with Crippen molar-refractivity contribution in [3.05, 3.63) is 90.0 Å². The summed E-state index contributed by atoms with van der Waals surface area (Å²) in [4.78, 5) is 14.7. The molecule has 0 aliphatic rings. The number of amides is 1. The number of anilines is 1. The minimum atomic E-state index is -0.148. The van der Waals surface area contributed by atoms with Gasteiger partial charge in [0.05, 0.1) is 19.1 Å². The third-order valence-electron chi connectivity index (χ3n) is 4.50. The molecule has 1 amide bonds. The molecule has 0 bridgehead atoms. The zero-order valence-electron chi connectivity index (χ0n) is 17.0. The lowest BCUT2D eigenvalue weighted by Gasteiger charge is -2.22. The predicted molar refractivity (Wildman–Crippen MR) is 117 cm³/mol. The lowest BCUT2D eigenvalue weighted by atomic mass is 10.1. The summed E-state index contributed by atoms with van der Waals surface area (Å²) < 4.78 is 11.2. The first-order chi connectivity index (χ1) is 14.7. The van der Waals surface area contributed by atoms with Crippen molar-refractivity contribution in [2.24, 2.45) is 0 Å². The highest BCUT2D eigenvalue weighted by Gasteiger charge is 2.17. The molecule has 0 aliphatic heterocycles. The summed E-state index contributed by atoms with van der Waals surface area (Å²) in [5.74, 6) is 1.40. The van der Waals surface area contributed by atoms with E-state index < -0.39 is 0 Å². The Morgan fingerprint density at radius 3 is 2.20 bits per heavy atom. The molecule has 5 nitrogen and oxygen atoms in total. The van der Waals surface area contributed by atoms with Crippen LogP contribution in [0.5, 0.6) is 11.5 Å². The highest BCUT2D eigenvalue weighted by Crippen LogP contribution is 2.22. The van der Waals surface area contributed by atoms with Gasteiger partial charge in [-0.15, -0.1) is 0 Å². The summed E-state index contributed by atoms with van der Waals surface area (Å²) in [5.41, 5.74) is 2.26. The summed E-state index contributed by atoms with van der Waals surface area (Å²) in [6.07, 6.45) is 0.252. The number of carbonyl (C=O) groups is 1. The van der Waals surface area contributed by atoms with Gasteiger partial charge < -0.3 is 14.4 Å². The molecule has 0 unspecified atom stereocenters. The van der Waals surface area contributed by atoms with Gasteiger partial charge in [0.1, 0.15) is 18.1 Å². The van der Waals surface area contributed by atoms with Crippen molar-refractivity contribution in [3.63, 3.8) is 0 Å². The molecule has 0 radical (unpaired) electrons. The van der Waals surface area contributed by atoms with Gasteiger partial charge in [0.2, 0.25) is 0 Å². The summed E-state index contributed by atoms with van der Waals surface area (Å²) in [5, 5.41) is 9.00. The molecule has 3 aromatic carbocycles. The minimum absolute atomic E-state index is 0.148. The van der Waals surface area contributed by atoms with E-state index in [2.05, 4.69) is 6.07 Å². The van der Waals surface area contributed by atoms with Crippen LogP contribution in [0.1, 0.15) is 29.3 Å². The molecule has 5 heteroatoms. The fourth-order valence-electron chi connectivity index (χ4n) is 2.98. The molecule has 0 N–H and O–H groups in total. The third kappa shape index (κ3) is 5.62. The smallest absolute Gasteiger partial charge is 0.258 e. The summed E-state index contributed by atoms with van der Waals surface area (Å²) in [6, 6.07) is 26.4. The van der Waals surface area contributed by atoms with Crippen molar-refractivity contribution >= 4 is 11.6 Å². The van der Waals surface area contributed by atoms with E-state index in [-0.39, 0.29) is 12.3 Å². The molecule has 0 spiro atoms. The van der Waals surface area contributed by atoms with E-state index in [1.165, 1.54) is 0 Å². The fourth-order valence-corrected chi connectivity index (χ4v) is 2.98. The van der Waals surface area contributed by atoms with Crippen LogP contribution in [0.25, 0.3) is 0 Å². The lowest BCUT2D eigenvalue weighted by molar-refractivity contribution is 0.0987. The average molecular weight is 400 g/mol. The SMILES string of the molecule is CCOc1ccc(N(CCC#N)C(=O)c2ccc(COc3ccccc3)cc2)cc1. The van der Waals surface area contributed by atoms with Crippen LogP contribution in [0.15, 0.2) is 78.9 Å². The Balaban J connectivity index is 1.71. The average Bonchev–Trinajstić information content (AvgIpc) is 2.80. The van der Waals surface area contributed by atoms with Crippen LogP contribution in [-0.2, 0) is 6.61 Å². The second kappa shape index (κ2) is 10.7. The van der Waals surface area contributed by atoms with Gasteiger partial charge in [-0.2, -0.15) is 5.26 Å². The maximum atomic E-state index is 13.1. The number of hydrogen-bond donors (Lipinski definition) is 0. The fraction of sp³-hybridized carbons (Fsp3) is 0.200. The number of ether oxygens (including phenoxy) is 2. The first-order valence-corrected chi connectivity index (χ1v) is 9.89. The topological polar surface area (TPSA) is 62.6 Å². The maximum absolute atomic E-state index is 13.1. The highest BCUT2D eigenvalue weighted by molar-refractivity contribution is 6.06. The first-order valence-electron chi connectivity index (χ1n) is 9.89. The Bertz CT molecular complexity index is 978. The van der Waals surface area contributed by atoms with E-state index in [9.17, 15) is 4.79 Å². The number of nitrogens with zero attached hydrogens (tertiary/aromatic N) is 2. The molecule has 0 heterocycles. The molecule has 3 aromatic rings. The Morgan fingerprint density at radius 2 is 1.57 bits per heavy atom. The van der Waals surface area contributed by atoms with Crippen LogP contribution in [-0.4, -0.2) is 19.1 Å². The second-order valence-corrected chi connectivity index (χ2v) is 6.59. The minimum Gasteiger partial charge on any atom is -0.494 e. The van der Waals surface area contributed by atoms with Crippen molar-refractivity contribution in [3.8, 4) is 17.6 Å². The summed E-state index contributed by atoms with van der Waals surface area (Å²) in [6.45, 7) is 3.25. The Morgan fingerprint density at radius 1 is 0.900 bits per heavy atom. The molecule has 0 saturated carbocycles. The quantitative estimate of drug-likeness (QED) is 0.494. The molecular formula is C25H24N2O3. The zero-order chi connectivity index (χ0) is 21.2. The van der Waals surface area contributed by atoms with Crippen LogP contribution in [0, 0.1) is 11.3 Å². The van der Waals surface area contributed by atoms with E-state index in [4.69, 9.17) is 14.7 Å². The number of rotatable bonds is 9. The summed E-state index contributed by atoms with van der Waals surface area (Å²) in [7, 11) is 0. The van der Waals surface area contributed by atoms with Crippen molar-refractivity contribution in [1.82, 2.24) is 0 Å². The number of carbonyl (C=O) groups excluding carboxylic acids is 1. The largest absolute Gasteiger partial charge is 0.494 e. The normalized spacial score (nSPS) is 10.1. The van der Waals surface area contributed by atoms with E-state index >= 15 is 0 Å². The van der Waals surface area contributed by atoms with Crippen LogP contribution in [0.3, 0.4) is 0 Å². The molecule has 0 atom stereocenters. The van der Waals surface area contributed by atoms with Gasteiger partial charge in [0.15, 0.2) is 0 Å². The maximum Gasteiger partial charge on any atom is 0.258 e. The van der Waals surface area contributed by atoms with Gasteiger partial charge in [-0.3, -0.25) is 4.79 Å². The van der Waals surface area contributed by atoms with Gasteiger partial charge >= 0.3 is 0 Å². The Labute approximate surface area is 177 Å². The number of para-hydroxylation sites is 1. The molecule has 30 heavy (non-hydrogen) atoms. The first kappa shape index (κ1) is 20.9. The van der Waals surface area contributed by atoms with E-state index in [1.807, 2.05) is 73.7 Å². The monoisotopic (exact) mass is 400 g/mol. The van der Waals surface area contributed by atoms with Crippen molar-refractivity contribution in [2.45, 2.75) is 20.0 Å². The lowest BCUT2D eigenvalue weighted by Crippen LogP contribution is -2.31. The van der Waals surface area contributed by atoms with Crippen LogP contribution in [0.4, 0.5) is 5.69 Å². The molecule has 0 fully saturated rings. The number of nitriles is 1. The van der Waals surface area contributed by atoms with Crippen molar-refractivity contribution < 1.29 is 14.3 Å². The second-order valence-electron chi connectivity index (χ2n) is 6.59. The van der Waals surface area contributed by atoms with E-state index in [0.29, 0.717) is 25.3 Å². The number of hydrogen-bond acceptors (Lipinski definition) is 4. The van der Waals surface area contributed by atoms with Crippen molar-refractivity contribution in [2.75, 3.05) is 18.1 Å². The van der Waals surface area contributed by atoms with Gasteiger partial charge in [0.25, 0.3) is 5.91 Å². The van der Waals surface area contributed by atoms with E-state index in [1.54, 1.807) is 17.0 Å². The Hall–Kier alpha value is -3.78. The van der Waals surface area contributed by atoms with Crippen LogP contribution < -0.4 is 14.4 Å². The molecule has 0 saturated heterocycles. The van der Waals surface area contributed by atoms with Gasteiger partial charge in [0, 0.05) is 17.8 Å². The van der Waals surface area contributed by atoms with Gasteiger partial charge in [-0.25, -0.2) is 0 Å². The van der Waals surface area contributed by atoms with Gasteiger partial charge in [-0.1, -0.05) is 30.3 Å². The molecule has 3 rings (SSSR count). The van der Waals surface area contributed by atoms with Crippen LogP contribution in [0.2, 0.25) is 0 Å².